The zero-order valence-electron chi connectivity index (χ0n) is 22.1. The van der Waals surface area contributed by atoms with Crippen LogP contribution in [-0.4, -0.2) is 29.7 Å². The number of carbonyl (C=O) groups is 3. The molecular weight excluding hydrogens is 426 g/mol. The van der Waals surface area contributed by atoms with Crippen molar-refractivity contribution < 1.29 is 19.1 Å². The van der Waals surface area contributed by atoms with Gasteiger partial charge in [-0.05, 0) is 105 Å². The fourth-order valence-corrected chi connectivity index (χ4v) is 9.00. The highest BCUT2D eigenvalue weighted by molar-refractivity contribution is 5.87. The first-order valence-corrected chi connectivity index (χ1v) is 14.0. The molecule has 0 spiro atoms. The van der Waals surface area contributed by atoms with E-state index in [1.165, 1.54) is 32.1 Å². The van der Waals surface area contributed by atoms with Gasteiger partial charge >= 0.3 is 5.97 Å². The van der Waals surface area contributed by atoms with Crippen molar-refractivity contribution >= 4 is 17.5 Å². The third-order valence-corrected chi connectivity index (χ3v) is 11.1. The minimum Gasteiger partial charge on any atom is -0.462 e. The molecule has 5 heteroatoms. The van der Waals surface area contributed by atoms with Crippen LogP contribution in [0, 0.1) is 46.3 Å². The lowest BCUT2D eigenvalue weighted by Crippen LogP contribution is -2.54. The summed E-state index contributed by atoms with van der Waals surface area (Å²) in [5.41, 5.74) is 6.44. The number of nitrogens with two attached hydrogens (primary N) is 1. The molecule has 4 saturated carbocycles. The Hall–Kier alpha value is -1.23. The van der Waals surface area contributed by atoms with Gasteiger partial charge < -0.3 is 10.5 Å². The van der Waals surface area contributed by atoms with E-state index in [1.54, 1.807) is 6.92 Å². The molecule has 0 aromatic rings. The number of ether oxygens (including phenoxy) is 1. The fraction of sp³-hybridized carbons (Fsp3) is 0.897. The summed E-state index contributed by atoms with van der Waals surface area (Å²) in [6.45, 7) is 10.6. The van der Waals surface area contributed by atoms with Crippen molar-refractivity contribution in [3.8, 4) is 0 Å². The van der Waals surface area contributed by atoms with Crippen LogP contribution in [0.4, 0.5) is 0 Å². The molecule has 5 nitrogen and oxygen atoms in total. The molecule has 9 atom stereocenters. The third kappa shape index (κ3) is 4.51. The van der Waals surface area contributed by atoms with E-state index in [0.717, 1.165) is 37.5 Å². The SMILES string of the molecule is CC(=O)[C@H]1CC[C@H]2[C@@H]3CC[C@H]4C[C@H](OC(=O)CCC(=O)[C@@H](N)C(C)C)CC[C@]4(C)[C@H]3CC[C@]12C. The average Bonchev–Trinajstić information content (AvgIpc) is 3.14. The van der Waals surface area contributed by atoms with Gasteiger partial charge in [0.15, 0.2) is 0 Å². The first kappa shape index (κ1) is 25.9. The molecule has 34 heavy (non-hydrogen) atoms. The summed E-state index contributed by atoms with van der Waals surface area (Å²) in [6, 6.07) is -0.499. The number of fused-ring (bicyclic) bond motifs is 5. The predicted molar refractivity (Wildman–Crippen MR) is 133 cm³/mol. The summed E-state index contributed by atoms with van der Waals surface area (Å²) in [4.78, 5) is 37.0. The number of hydrogen-bond acceptors (Lipinski definition) is 5. The second kappa shape index (κ2) is 9.67. The lowest BCUT2D eigenvalue weighted by molar-refractivity contribution is -0.163. The minimum absolute atomic E-state index is 0.0153. The predicted octanol–water partition coefficient (Wildman–Crippen LogP) is 5.48. The molecule has 4 fully saturated rings. The average molecular weight is 474 g/mol. The largest absolute Gasteiger partial charge is 0.462 e. The van der Waals surface area contributed by atoms with E-state index < -0.39 is 6.04 Å². The topological polar surface area (TPSA) is 86.5 Å². The molecule has 0 unspecified atom stereocenters. The van der Waals surface area contributed by atoms with Crippen LogP contribution in [0.3, 0.4) is 0 Å². The van der Waals surface area contributed by atoms with Gasteiger partial charge in [-0.2, -0.15) is 0 Å². The number of ketones is 2. The van der Waals surface area contributed by atoms with Crippen molar-refractivity contribution in [2.24, 2.45) is 52.1 Å². The smallest absolute Gasteiger partial charge is 0.306 e. The highest BCUT2D eigenvalue weighted by Crippen LogP contribution is 2.67. The van der Waals surface area contributed by atoms with E-state index in [9.17, 15) is 14.4 Å². The van der Waals surface area contributed by atoms with Gasteiger partial charge in [0.25, 0.3) is 0 Å². The summed E-state index contributed by atoms with van der Waals surface area (Å²) in [7, 11) is 0. The number of rotatable bonds is 7. The maximum atomic E-state index is 12.5. The quantitative estimate of drug-likeness (QED) is 0.495. The van der Waals surface area contributed by atoms with Crippen LogP contribution in [0.25, 0.3) is 0 Å². The second-order valence-electron chi connectivity index (χ2n) is 13.1. The van der Waals surface area contributed by atoms with Gasteiger partial charge in [-0.1, -0.05) is 27.7 Å². The molecule has 0 heterocycles. The first-order chi connectivity index (χ1) is 16.0. The van der Waals surface area contributed by atoms with Crippen LogP contribution < -0.4 is 5.73 Å². The molecule has 0 aliphatic heterocycles. The van der Waals surface area contributed by atoms with Crippen molar-refractivity contribution in [3.05, 3.63) is 0 Å². The highest BCUT2D eigenvalue weighted by atomic mass is 16.5. The van der Waals surface area contributed by atoms with Gasteiger partial charge in [-0.15, -0.1) is 0 Å². The van der Waals surface area contributed by atoms with Gasteiger partial charge in [-0.3, -0.25) is 14.4 Å². The van der Waals surface area contributed by atoms with Crippen LogP contribution in [0.15, 0.2) is 0 Å². The second-order valence-corrected chi connectivity index (χ2v) is 13.1. The number of hydrogen-bond donors (Lipinski definition) is 1. The Labute approximate surface area is 206 Å². The molecule has 192 valence electrons. The molecule has 4 aliphatic rings. The minimum atomic E-state index is -0.499. The lowest BCUT2D eigenvalue weighted by atomic mass is 9.44. The fourth-order valence-electron chi connectivity index (χ4n) is 9.00. The molecule has 4 rings (SSSR count). The molecule has 2 N–H and O–H groups in total. The molecule has 0 radical (unpaired) electrons. The molecular formula is C29H47NO4. The monoisotopic (exact) mass is 473 g/mol. The Morgan fingerprint density at radius 1 is 0.912 bits per heavy atom. The van der Waals surface area contributed by atoms with Crippen LogP contribution in [0.2, 0.25) is 0 Å². The van der Waals surface area contributed by atoms with Gasteiger partial charge in [0, 0.05) is 12.3 Å². The van der Waals surface area contributed by atoms with E-state index in [4.69, 9.17) is 10.5 Å². The Morgan fingerprint density at radius 3 is 2.26 bits per heavy atom. The number of carbonyl (C=O) groups excluding carboxylic acids is 3. The summed E-state index contributed by atoms with van der Waals surface area (Å²) < 4.78 is 5.87. The van der Waals surface area contributed by atoms with E-state index in [0.29, 0.717) is 23.0 Å². The Bertz CT molecular complexity index is 808. The highest BCUT2D eigenvalue weighted by Gasteiger charge is 2.60. The zero-order chi connectivity index (χ0) is 24.8. The zero-order valence-corrected chi connectivity index (χ0v) is 22.1. The summed E-state index contributed by atoms with van der Waals surface area (Å²) in [6.07, 6.45) is 10.5. The number of Topliss-reactive ketones (excluding diaryl/α,β-unsaturated/α-hetero) is 2. The van der Waals surface area contributed by atoms with Gasteiger partial charge in [0.05, 0.1) is 12.5 Å². The standard InChI is InChI=1S/C29H47NO4/c1-17(2)27(30)25(32)10-11-26(33)34-20-12-14-28(4)19(16-20)6-7-21-23-9-8-22(18(3)31)29(23,5)15-13-24(21)28/h17,19-24,27H,6-16,30H2,1-5H3/t19-,20+,21-,22+,23-,24-,27-,28-,29+/m0/s1. The molecule has 0 bridgehead atoms. The Morgan fingerprint density at radius 2 is 1.59 bits per heavy atom. The van der Waals surface area contributed by atoms with E-state index >= 15 is 0 Å². The maximum absolute atomic E-state index is 12.5. The van der Waals surface area contributed by atoms with E-state index in [2.05, 4.69) is 13.8 Å². The lowest BCUT2D eigenvalue weighted by Gasteiger charge is -2.61. The van der Waals surface area contributed by atoms with Gasteiger partial charge in [0.2, 0.25) is 0 Å². The first-order valence-electron chi connectivity index (χ1n) is 14.0. The van der Waals surface area contributed by atoms with Crippen molar-refractivity contribution in [1.29, 1.82) is 0 Å². The summed E-state index contributed by atoms with van der Waals surface area (Å²) in [5, 5.41) is 0. The molecule has 0 aromatic carbocycles. The molecule has 0 saturated heterocycles. The third-order valence-electron chi connectivity index (χ3n) is 11.1. The van der Waals surface area contributed by atoms with Crippen molar-refractivity contribution in [1.82, 2.24) is 0 Å². The van der Waals surface area contributed by atoms with Crippen LogP contribution in [-0.2, 0) is 19.1 Å². The summed E-state index contributed by atoms with van der Waals surface area (Å²) >= 11 is 0. The van der Waals surface area contributed by atoms with Crippen molar-refractivity contribution in [3.63, 3.8) is 0 Å². The van der Waals surface area contributed by atoms with E-state index in [-0.39, 0.29) is 47.9 Å². The summed E-state index contributed by atoms with van der Waals surface area (Å²) in [5.74, 6) is 3.24. The Balaban J connectivity index is 1.34. The van der Waals surface area contributed by atoms with Crippen LogP contribution in [0.5, 0.6) is 0 Å². The van der Waals surface area contributed by atoms with Gasteiger partial charge in [-0.25, -0.2) is 0 Å². The van der Waals surface area contributed by atoms with E-state index in [1.807, 2.05) is 13.8 Å². The van der Waals surface area contributed by atoms with Crippen LogP contribution in [0.1, 0.15) is 105 Å². The normalized spacial score (nSPS) is 42.3. The van der Waals surface area contributed by atoms with Crippen molar-refractivity contribution in [2.75, 3.05) is 0 Å². The molecule has 0 aromatic heterocycles. The molecule has 0 amide bonds. The molecule has 4 aliphatic carbocycles. The maximum Gasteiger partial charge on any atom is 0.306 e. The van der Waals surface area contributed by atoms with Crippen molar-refractivity contribution in [2.45, 2.75) is 117 Å². The number of esters is 1. The van der Waals surface area contributed by atoms with Gasteiger partial charge in [0.1, 0.15) is 17.7 Å². The van der Waals surface area contributed by atoms with Crippen LogP contribution >= 0.6 is 0 Å². The Kier molecular flexibility index (Phi) is 7.35.